The molecule has 6 nitrogen and oxygen atoms in total. The topological polar surface area (TPSA) is 66.9 Å². The van der Waals surface area contributed by atoms with Crippen molar-refractivity contribution < 1.29 is 22.3 Å². The maximum absolute atomic E-state index is 15.1. The quantitative estimate of drug-likeness (QED) is 0.354. The van der Waals surface area contributed by atoms with Crippen LogP contribution in [-0.4, -0.2) is 55.8 Å². The Morgan fingerprint density at radius 3 is 2.38 bits per heavy atom. The van der Waals surface area contributed by atoms with Crippen LogP contribution in [0.15, 0.2) is 77.7 Å². The van der Waals surface area contributed by atoms with E-state index in [0.717, 1.165) is 25.9 Å². The Hall–Kier alpha value is -3.23. The van der Waals surface area contributed by atoms with Crippen LogP contribution < -0.4 is 4.74 Å². The summed E-state index contributed by atoms with van der Waals surface area (Å²) in [7, 11) is -3.53. The van der Waals surface area contributed by atoms with Crippen LogP contribution in [0.3, 0.4) is 0 Å². The summed E-state index contributed by atoms with van der Waals surface area (Å²) in [6.45, 7) is 4.85. The van der Waals surface area contributed by atoms with Crippen LogP contribution in [0.2, 0.25) is 0 Å². The summed E-state index contributed by atoms with van der Waals surface area (Å²) < 4.78 is 46.8. The lowest BCUT2D eigenvalue weighted by Crippen LogP contribution is -2.44. The van der Waals surface area contributed by atoms with Crippen molar-refractivity contribution in [2.24, 2.45) is 0 Å². The average molecular weight is 551 g/mol. The van der Waals surface area contributed by atoms with Gasteiger partial charge in [0.2, 0.25) is 0 Å². The van der Waals surface area contributed by atoms with Gasteiger partial charge in [-0.15, -0.1) is 0 Å². The van der Waals surface area contributed by atoms with Crippen molar-refractivity contribution in [3.05, 3.63) is 95.3 Å². The van der Waals surface area contributed by atoms with Crippen molar-refractivity contribution in [1.29, 1.82) is 0 Å². The molecular weight excluding hydrogens is 515 g/mol. The molecule has 0 unspecified atom stereocenters. The third-order valence-corrected chi connectivity index (χ3v) is 9.59. The Kier molecular flexibility index (Phi) is 8.33. The van der Waals surface area contributed by atoms with Gasteiger partial charge in [-0.05, 0) is 74.5 Å². The van der Waals surface area contributed by atoms with Crippen molar-refractivity contribution >= 4 is 15.7 Å². The van der Waals surface area contributed by atoms with Gasteiger partial charge < -0.3 is 9.64 Å². The van der Waals surface area contributed by atoms with Gasteiger partial charge in [-0.2, -0.15) is 0 Å². The third kappa shape index (κ3) is 6.34. The fourth-order valence-electron chi connectivity index (χ4n) is 5.66. The standard InChI is InChI=1S/C31H35FN2O4S/c1-23-9-7-17-33(23)20-26-12-8-18-34(26)31(35)29-16-15-27(19-30(29)32)38-21-24-10-5-6-11-25(24)22-39(36,37)28-13-3-2-4-14-28/h2-6,10-11,13-16,19,23,26H,7-9,12,17-18,20-22H2,1H3/t23-,26+/m1/s1. The fraction of sp³-hybridized carbons (Fsp3) is 0.387. The molecule has 2 atom stereocenters. The number of ether oxygens (including phenoxy) is 1. The van der Waals surface area contributed by atoms with Gasteiger partial charge in [0.1, 0.15) is 18.2 Å². The van der Waals surface area contributed by atoms with E-state index in [2.05, 4.69) is 11.8 Å². The van der Waals surface area contributed by atoms with Gasteiger partial charge in [-0.1, -0.05) is 42.5 Å². The number of likely N-dealkylation sites (tertiary alicyclic amines) is 2. The monoisotopic (exact) mass is 550 g/mol. The summed E-state index contributed by atoms with van der Waals surface area (Å²) in [4.78, 5) is 17.8. The second-order valence-electron chi connectivity index (χ2n) is 10.6. The summed E-state index contributed by atoms with van der Waals surface area (Å²) in [5.74, 6) is -0.762. The highest BCUT2D eigenvalue weighted by atomic mass is 32.2. The Bertz CT molecular complexity index is 1410. The first kappa shape index (κ1) is 27.3. The van der Waals surface area contributed by atoms with Crippen LogP contribution >= 0.6 is 0 Å². The number of halogens is 1. The highest BCUT2D eigenvalue weighted by molar-refractivity contribution is 7.90. The molecule has 3 aromatic rings. The average Bonchev–Trinajstić information content (AvgIpc) is 3.57. The molecule has 1 amide bonds. The number of nitrogens with zero attached hydrogens (tertiary/aromatic N) is 2. The SMILES string of the molecule is C[C@@H]1CCCN1C[C@@H]1CCCN1C(=O)c1ccc(OCc2ccccc2CS(=O)(=O)c2ccccc2)cc1F. The van der Waals surface area contributed by atoms with E-state index in [-0.39, 0.29) is 40.5 Å². The molecule has 206 valence electrons. The largest absolute Gasteiger partial charge is 0.489 e. The number of rotatable bonds is 9. The second kappa shape index (κ2) is 11.9. The van der Waals surface area contributed by atoms with Crippen molar-refractivity contribution in [3.8, 4) is 5.75 Å². The van der Waals surface area contributed by atoms with Gasteiger partial charge in [0.05, 0.1) is 16.2 Å². The van der Waals surface area contributed by atoms with E-state index in [1.54, 1.807) is 54.6 Å². The first-order chi connectivity index (χ1) is 18.8. The predicted molar refractivity (Wildman–Crippen MR) is 149 cm³/mol. The van der Waals surface area contributed by atoms with Gasteiger partial charge in [0, 0.05) is 31.2 Å². The zero-order valence-electron chi connectivity index (χ0n) is 22.3. The molecule has 2 fully saturated rings. The minimum absolute atomic E-state index is 0.0538. The minimum Gasteiger partial charge on any atom is -0.489 e. The number of hydrogen-bond acceptors (Lipinski definition) is 5. The molecule has 2 saturated heterocycles. The first-order valence-corrected chi connectivity index (χ1v) is 15.3. The maximum Gasteiger partial charge on any atom is 0.257 e. The Balaban J connectivity index is 1.24. The Morgan fingerprint density at radius 1 is 0.949 bits per heavy atom. The van der Waals surface area contributed by atoms with Gasteiger partial charge in [0.25, 0.3) is 5.91 Å². The summed E-state index contributed by atoms with van der Waals surface area (Å²) in [6, 6.07) is 20.5. The van der Waals surface area contributed by atoms with Crippen LogP contribution in [0, 0.1) is 5.82 Å². The minimum atomic E-state index is -3.53. The van der Waals surface area contributed by atoms with Gasteiger partial charge in [-0.3, -0.25) is 9.69 Å². The molecule has 2 aliphatic heterocycles. The lowest BCUT2D eigenvalue weighted by atomic mass is 10.1. The number of amides is 1. The Labute approximate surface area is 230 Å². The molecule has 2 aliphatic rings. The normalized spacial score (nSPS) is 19.9. The van der Waals surface area contributed by atoms with Crippen molar-refractivity contribution in [2.75, 3.05) is 19.6 Å². The van der Waals surface area contributed by atoms with E-state index in [9.17, 15) is 13.2 Å². The third-order valence-electron chi connectivity index (χ3n) is 7.91. The lowest BCUT2D eigenvalue weighted by Gasteiger charge is -2.31. The van der Waals surface area contributed by atoms with E-state index in [1.807, 2.05) is 11.0 Å². The molecular formula is C31H35FN2O4S. The molecule has 39 heavy (non-hydrogen) atoms. The molecule has 0 spiro atoms. The van der Waals surface area contributed by atoms with Crippen LogP contribution in [0.25, 0.3) is 0 Å². The lowest BCUT2D eigenvalue weighted by molar-refractivity contribution is 0.0692. The Morgan fingerprint density at radius 2 is 1.67 bits per heavy atom. The number of hydrogen-bond donors (Lipinski definition) is 0. The fourth-order valence-corrected chi connectivity index (χ4v) is 7.09. The zero-order chi connectivity index (χ0) is 27.4. The summed E-state index contributed by atoms with van der Waals surface area (Å²) in [5.41, 5.74) is 1.38. The van der Waals surface area contributed by atoms with E-state index in [0.29, 0.717) is 23.7 Å². The molecule has 0 bridgehead atoms. The van der Waals surface area contributed by atoms with E-state index in [4.69, 9.17) is 4.74 Å². The molecule has 0 N–H and O–H groups in total. The predicted octanol–water partition coefficient (Wildman–Crippen LogP) is 5.47. The van der Waals surface area contributed by atoms with Crippen LogP contribution in [0.5, 0.6) is 5.75 Å². The highest BCUT2D eigenvalue weighted by Crippen LogP contribution is 2.27. The smallest absolute Gasteiger partial charge is 0.257 e. The molecule has 5 rings (SSSR count). The zero-order valence-corrected chi connectivity index (χ0v) is 23.1. The van der Waals surface area contributed by atoms with Crippen molar-refractivity contribution in [3.63, 3.8) is 0 Å². The molecule has 2 heterocycles. The van der Waals surface area contributed by atoms with Crippen LogP contribution in [0.4, 0.5) is 4.39 Å². The highest BCUT2D eigenvalue weighted by Gasteiger charge is 2.34. The van der Waals surface area contributed by atoms with Gasteiger partial charge in [0.15, 0.2) is 9.84 Å². The summed E-state index contributed by atoms with van der Waals surface area (Å²) in [5, 5.41) is 0. The van der Waals surface area contributed by atoms with Crippen molar-refractivity contribution in [1.82, 2.24) is 9.80 Å². The van der Waals surface area contributed by atoms with Crippen LogP contribution in [-0.2, 0) is 22.2 Å². The molecule has 0 saturated carbocycles. The van der Waals surface area contributed by atoms with Gasteiger partial charge in [-0.25, -0.2) is 12.8 Å². The number of carbonyl (C=O) groups is 1. The van der Waals surface area contributed by atoms with Crippen molar-refractivity contribution in [2.45, 2.75) is 61.9 Å². The number of benzene rings is 3. The number of carbonyl (C=O) groups excluding carboxylic acids is 1. The number of sulfone groups is 1. The molecule has 0 radical (unpaired) electrons. The molecule has 0 aromatic heterocycles. The molecule has 8 heteroatoms. The molecule has 3 aromatic carbocycles. The summed E-state index contributed by atoms with van der Waals surface area (Å²) in [6.07, 6.45) is 4.24. The summed E-state index contributed by atoms with van der Waals surface area (Å²) >= 11 is 0. The van der Waals surface area contributed by atoms with Gasteiger partial charge >= 0.3 is 0 Å². The van der Waals surface area contributed by atoms with Crippen LogP contribution in [0.1, 0.15) is 54.1 Å². The van der Waals surface area contributed by atoms with E-state index >= 15 is 4.39 Å². The van der Waals surface area contributed by atoms with E-state index < -0.39 is 15.7 Å². The second-order valence-corrected chi connectivity index (χ2v) is 12.5. The molecule has 0 aliphatic carbocycles. The first-order valence-electron chi connectivity index (χ1n) is 13.6. The van der Waals surface area contributed by atoms with E-state index in [1.165, 1.54) is 25.0 Å². The maximum atomic E-state index is 15.1.